The second-order valence-electron chi connectivity index (χ2n) is 6.87. The first kappa shape index (κ1) is 22.1. The molecule has 3 rings (SSSR count). The lowest BCUT2D eigenvalue weighted by atomic mass is 9.97. The molecule has 164 valence electrons. The number of benzene rings is 2. The summed E-state index contributed by atoms with van der Waals surface area (Å²) >= 11 is 0. The number of amides is 1. The molecule has 2 N–H and O–H groups in total. The zero-order chi connectivity index (χ0) is 23.1. The van der Waals surface area contributed by atoms with Crippen LogP contribution in [0.1, 0.15) is 34.5 Å². The van der Waals surface area contributed by atoms with Crippen molar-refractivity contribution < 1.29 is 37.0 Å². The normalized spacial score (nSPS) is 12.6. The number of fused-ring (bicyclic) bond motifs is 1. The first-order valence-corrected chi connectivity index (χ1v) is 9.10. The third-order valence-corrected chi connectivity index (χ3v) is 4.93. The molecule has 0 bridgehead atoms. The Morgan fingerprint density at radius 3 is 2.32 bits per heavy atom. The third-order valence-electron chi connectivity index (χ3n) is 4.93. The summed E-state index contributed by atoms with van der Waals surface area (Å²) in [6.07, 6.45) is -4.87. The minimum absolute atomic E-state index is 0.0159. The number of rotatable bonds is 4. The Hall–Kier alpha value is -3.56. The molecule has 0 aliphatic carbocycles. The van der Waals surface area contributed by atoms with Crippen LogP contribution in [0.4, 0.5) is 17.6 Å². The molecule has 31 heavy (non-hydrogen) atoms. The van der Waals surface area contributed by atoms with Crippen LogP contribution < -0.4 is 10.1 Å². The molecule has 2 aromatic carbocycles. The molecule has 0 aliphatic rings. The van der Waals surface area contributed by atoms with Crippen LogP contribution in [0.15, 0.2) is 36.4 Å². The molecule has 1 amide bonds. The van der Waals surface area contributed by atoms with Gasteiger partial charge in [0.15, 0.2) is 11.6 Å². The van der Waals surface area contributed by atoms with Crippen LogP contribution in [-0.2, 0) is 4.79 Å². The van der Waals surface area contributed by atoms with E-state index in [4.69, 9.17) is 0 Å². The molecule has 3 aromatic rings. The van der Waals surface area contributed by atoms with Gasteiger partial charge in [-0.3, -0.25) is 14.2 Å². The molecule has 1 unspecified atom stereocenters. The predicted octanol–water partition coefficient (Wildman–Crippen LogP) is 4.23. The van der Waals surface area contributed by atoms with Crippen LogP contribution in [0.25, 0.3) is 10.9 Å². The Bertz CT molecular complexity index is 1170. The molecule has 0 spiro atoms. The minimum Gasteiger partial charge on any atom is -0.505 e. The van der Waals surface area contributed by atoms with Gasteiger partial charge in [-0.15, -0.1) is 13.2 Å². The molecule has 0 saturated carbocycles. The number of alkyl halides is 3. The maximum atomic E-state index is 14.1. The summed E-state index contributed by atoms with van der Waals surface area (Å²) < 4.78 is 56.1. The third kappa shape index (κ3) is 4.18. The molecule has 0 aliphatic heterocycles. The Balaban J connectivity index is 2.15. The summed E-state index contributed by atoms with van der Waals surface area (Å²) in [7, 11) is 1.44. The molecular weight excluding hydrogens is 420 g/mol. The summed E-state index contributed by atoms with van der Waals surface area (Å²) in [6, 6.07) is 6.37. The van der Waals surface area contributed by atoms with E-state index in [1.807, 2.05) is 0 Å². The Morgan fingerprint density at radius 1 is 1.16 bits per heavy atom. The lowest BCUT2D eigenvalue weighted by Gasteiger charge is -2.12. The fourth-order valence-electron chi connectivity index (χ4n) is 3.53. The maximum absolute atomic E-state index is 14.1. The summed E-state index contributed by atoms with van der Waals surface area (Å²) in [5, 5.41) is 12.6. The quantitative estimate of drug-likeness (QED) is 0.598. The number of nitrogens with zero attached hydrogens (tertiary/aromatic N) is 1. The summed E-state index contributed by atoms with van der Waals surface area (Å²) in [5.74, 6) is -3.84. The van der Waals surface area contributed by atoms with E-state index >= 15 is 0 Å². The number of phenolic OH excluding ortho intramolecular Hbond substituents is 1. The van der Waals surface area contributed by atoms with Crippen molar-refractivity contribution in [2.45, 2.75) is 26.1 Å². The van der Waals surface area contributed by atoms with Crippen LogP contribution in [0, 0.1) is 12.7 Å². The van der Waals surface area contributed by atoms with Gasteiger partial charge in [-0.25, -0.2) is 4.39 Å². The Morgan fingerprint density at radius 2 is 1.77 bits per heavy atom. The minimum atomic E-state index is -4.87. The van der Waals surface area contributed by atoms with E-state index in [0.29, 0.717) is 16.6 Å². The second-order valence-corrected chi connectivity index (χ2v) is 6.87. The van der Waals surface area contributed by atoms with Gasteiger partial charge in [-0.1, -0.05) is 0 Å². The van der Waals surface area contributed by atoms with E-state index in [0.717, 1.165) is 41.0 Å². The fraction of sp³-hybridized carbons (Fsp3) is 0.238. The number of phenols is 1. The number of ether oxygens (including phenoxy) is 1. The molecule has 1 heterocycles. The first-order chi connectivity index (χ1) is 14.4. The van der Waals surface area contributed by atoms with Gasteiger partial charge in [0.2, 0.25) is 5.91 Å². The smallest absolute Gasteiger partial charge is 0.505 e. The van der Waals surface area contributed by atoms with Crippen molar-refractivity contribution in [1.82, 2.24) is 9.88 Å². The highest BCUT2D eigenvalue weighted by Crippen LogP contribution is 2.36. The number of aromatic nitrogens is 1. The van der Waals surface area contributed by atoms with Gasteiger partial charge in [0, 0.05) is 29.8 Å². The fourth-order valence-corrected chi connectivity index (χ4v) is 3.53. The van der Waals surface area contributed by atoms with Crippen LogP contribution in [0.3, 0.4) is 0 Å². The van der Waals surface area contributed by atoms with E-state index in [9.17, 15) is 32.3 Å². The number of hydrogen-bond donors (Lipinski definition) is 2. The van der Waals surface area contributed by atoms with Crippen LogP contribution in [0.5, 0.6) is 11.5 Å². The van der Waals surface area contributed by atoms with E-state index in [-0.39, 0.29) is 17.0 Å². The van der Waals surface area contributed by atoms with Crippen molar-refractivity contribution in [2.75, 3.05) is 7.05 Å². The number of carbonyl (C=O) groups excluding carboxylic acids is 2. The average molecular weight is 438 g/mol. The standard InChI is InChI=1S/C21H18F4N2O4/c1-10(19(29)26-3)18-11(2)27(16-9-15(22)17(28)8-14(16)18)20(30)12-4-6-13(7-5-12)31-21(23,24)25/h4-10,28H,1-3H3,(H,26,29). The second kappa shape index (κ2) is 7.93. The van der Waals surface area contributed by atoms with Crippen molar-refractivity contribution in [3.8, 4) is 11.5 Å². The van der Waals surface area contributed by atoms with E-state index in [1.54, 1.807) is 13.8 Å². The van der Waals surface area contributed by atoms with Crippen molar-refractivity contribution >= 4 is 22.7 Å². The van der Waals surface area contributed by atoms with Gasteiger partial charge < -0.3 is 15.2 Å². The summed E-state index contributed by atoms with van der Waals surface area (Å²) in [6.45, 7) is 3.15. The number of halogens is 4. The highest BCUT2D eigenvalue weighted by atomic mass is 19.4. The zero-order valence-electron chi connectivity index (χ0n) is 16.7. The lowest BCUT2D eigenvalue weighted by molar-refractivity contribution is -0.274. The number of aromatic hydroxyl groups is 1. The number of hydrogen-bond acceptors (Lipinski definition) is 4. The number of likely N-dealkylation sites (N-methyl/N-ethyl adjacent to an activating group) is 1. The van der Waals surface area contributed by atoms with Gasteiger partial charge in [0.1, 0.15) is 5.75 Å². The lowest BCUT2D eigenvalue weighted by Crippen LogP contribution is -2.24. The van der Waals surface area contributed by atoms with Gasteiger partial charge >= 0.3 is 6.36 Å². The van der Waals surface area contributed by atoms with Crippen molar-refractivity contribution in [3.63, 3.8) is 0 Å². The largest absolute Gasteiger partial charge is 0.573 e. The molecule has 6 nitrogen and oxygen atoms in total. The highest BCUT2D eigenvalue weighted by molar-refractivity contribution is 6.05. The van der Waals surface area contributed by atoms with Crippen molar-refractivity contribution in [1.29, 1.82) is 0 Å². The SMILES string of the molecule is CNC(=O)C(C)c1c(C)n(C(=O)c2ccc(OC(F)(F)F)cc2)c2cc(F)c(O)cc12. The van der Waals surface area contributed by atoms with Gasteiger partial charge in [-0.2, -0.15) is 0 Å². The van der Waals surface area contributed by atoms with E-state index in [1.165, 1.54) is 7.05 Å². The molecule has 10 heteroatoms. The van der Waals surface area contributed by atoms with Crippen LogP contribution in [-0.4, -0.2) is 34.9 Å². The zero-order valence-corrected chi connectivity index (χ0v) is 16.7. The number of nitrogens with one attached hydrogen (secondary N) is 1. The Kier molecular flexibility index (Phi) is 5.66. The molecule has 0 saturated heterocycles. The van der Waals surface area contributed by atoms with Crippen molar-refractivity contribution in [2.24, 2.45) is 0 Å². The molecular formula is C21H18F4N2O4. The summed E-state index contributed by atoms with van der Waals surface area (Å²) in [4.78, 5) is 25.4. The van der Waals surface area contributed by atoms with Crippen LogP contribution in [0.2, 0.25) is 0 Å². The predicted molar refractivity (Wildman–Crippen MR) is 104 cm³/mol. The van der Waals surface area contributed by atoms with E-state index < -0.39 is 35.5 Å². The topological polar surface area (TPSA) is 80.6 Å². The first-order valence-electron chi connectivity index (χ1n) is 9.10. The van der Waals surface area contributed by atoms with Gasteiger partial charge in [-0.05, 0) is 49.7 Å². The monoisotopic (exact) mass is 438 g/mol. The highest BCUT2D eigenvalue weighted by Gasteiger charge is 2.31. The Labute approximate surface area is 174 Å². The summed E-state index contributed by atoms with van der Waals surface area (Å²) in [5.41, 5.74) is 0.869. The van der Waals surface area contributed by atoms with Crippen molar-refractivity contribution in [3.05, 3.63) is 59.0 Å². The molecule has 0 radical (unpaired) electrons. The molecule has 1 atom stereocenters. The molecule has 1 aromatic heterocycles. The molecule has 0 fully saturated rings. The van der Waals surface area contributed by atoms with Gasteiger partial charge in [0.25, 0.3) is 5.91 Å². The van der Waals surface area contributed by atoms with E-state index in [2.05, 4.69) is 10.1 Å². The van der Waals surface area contributed by atoms with Gasteiger partial charge in [0.05, 0.1) is 11.4 Å². The average Bonchev–Trinajstić information content (AvgIpc) is 2.96. The number of carbonyl (C=O) groups is 2. The van der Waals surface area contributed by atoms with Crippen LogP contribution >= 0.6 is 0 Å². The maximum Gasteiger partial charge on any atom is 0.573 e.